The fourth-order valence-corrected chi connectivity index (χ4v) is 1.82. The van der Waals surface area contributed by atoms with E-state index in [9.17, 15) is 0 Å². The first-order valence-corrected chi connectivity index (χ1v) is 5.41. The van der Waals surface area contributed by atoms with Gasteiger partial charge in [-0.15, -0.1) is 11.3 Å². The SMILES string of the molecule is COC(C)CNC(C)c1cccs1. The van der Waals surface area contributed by atoms with E-state index < -0.39 is 0 Å². The summed E-state index contributed by atoms with van der Waals surface area (Å²) in [5.74, 6) is 0. The van der Waals surface area contributed by atoms with Crippen molar-refractivity contribution in [2.75, 3.05) is 13.7 Å². The van der Waals surface area contributed by atoms with Crippen molar-refractivity contribution in [3.05, 3.63) is 22.4 Å². The zero-order chi connectivity index (χ0) is 9.68. The molecule has 3 heteroatoms. The van der Waals surface area contributed by atoms with Crippen molar-refractivity contribution in [3.63, 3.8) is 0 Å². The lowest BCUT2D eigenvalue weighted by Gasteiger charge is -2.15. The van der Waals surface area contributed by atoms with Crippen LogP contribution in [-0.4, -0.2) is 19.8 Å². The van der Waals surface area contributed by atoms with Gasteiger partial charge < -0.3 is 10.1 Å². The minimum absolute atomic E-state index is 0.280. The number of rotatable bonds is 5. The summed E-state index contributed by atoms with van der Waals surface area (Å²) >= 11 is 1.79. The zero-order valence-corrected chi connectivity index (χ0v) is 9.23. The van der Waals surface area contributed by atoms with Crippen LogP contribution in [0.25, 0.3) is 0 Å². The maximum atomic E-state index is 5.16. The summed E-state index contributed by atoms with van der Waals surface area (Å²) in [4.78, 5) is 1.38. The molecule has 0 fully saturated rings. The highest BCUT2D eigenvalue weighted by molar-refractivity contribution is 7.10. The van der Waals surface area contributed by atoms with Gasteiger partial charge in [-0.25, -0.2) is 0 Å². The van der Waals surface area contributed by atoms with Crippen molar-refractivity contribution < 1.29 is 4.74 Å². The summed E-state index contributed by atoms with van der Waals surface area (Å²) in [7, 11) is 1.74. The molecule has 0 aromatic carbocycles. The lowest BCUT2D eigenvalue weighted by Crippen LogP contribution is -2.27. The maximum absolute atomic E-state index is 5.16. The van der Waals surface area contributed by atoms with Crippen molar-refractivity contribution in [1.29, 1.82) is 0 Å². The lowest BCUT2D eigenvalue weighted by molar-refractivity contribution is 0.115. The average molecular weight is 199 g/mol. The molecular weight excluding hydrogens is 182 g/mol. The maximum Gasteiger partial charge on any atom is 0.0667 e. The van der Waals surface area contributed by atoms with Gasteiger partial charge in [-0.2, -0.15) is 0 Å². The molecule has 0 saturated heterocycles. The van der Waals surface area contributed by atoms with Crippen LogP contribution in [0.2, 0.25) is 0 Å². The minimum atomic E-state index is 0.280. The van der Waals surface area contributed by atoms with Crippen LogP contribution < -0.4 is 5.32 Å². The van der Waals surface area contributed by atoms with E-state index in [0.717, 1.165) is 6.54 Å². The first kappa shape index (κ1) is 10.7. The molecule has 2 nitrogen and oxygen atoms in total. The molecule has 1 rings (SSSR count). The molecule has 0 aliphatic rings. The van der Waals surface area contributed by atoms with Crippen LogP contribution in [0.4, 0.5) is 0 Å². The van der Waals surface area contributed by atoms with Crippen LogP contribution in [0.3, 0.4) is 0 Å². The van der Waals surface area contributed by atoms with Gasteiger partial charge in [0.05, 0.1) is 6.10 Å². The van der Waals surface area contributed by atoms with E-state index in [0.29, 0.717) is 6.04 Å². The van der Waals surface area contributed by atoms with Gasteiger partial charge in [-0.1, -0.05) is 6.07 Å². The van der Waals surface area contributed by atoms with E-state index in [1.807, 2.05) is 0 Å². The zero-order valence-electron chi connectivity index (χ0n) is 8.41. The summed E-state index contributed by atoms with van der Waals surface area (Å²) in [5.41, 5.74) is 0. The quantitative estimate of drug-likeness (QED) is 0.786. The Bertz CT molecular complexity index is 223. The molecule has 0 aliphatic heterocycles. The molecule has 2 unspecified atom stereocenters. The van der Waals surface area contributed by atoms with Gasteiger partial charge in [-0.05, 0) is 25.3 Å². The summed E-state index contributed by atoms with van der Waals surface area (Å²) in [6.45, 7) is 5.14. The molecule has 1 heterocycles. The van der Waals surface area contributed by atoms with Crippen molar-refractivity contribution in [2.45, 2.75) is 26.0 Å². The van der Waals surface area contributed by atoms with Crippen molar-refractivity contribution in [2.24, 2.45) is 0 Å². The van der Waals surface area contributed by atoms with E-state index >= 15 is 0 Å². The van der Waals surface area contributed by atoms with Gasteiger partial charge in [0.25, 0.3) is 0 Å². The third-order valence-electron chi connectivity index (χ3n) is 2.08. The van der Waals surface area contributed by atoms with Gasteiger partial charge in [0, 0.05) is 24.6 Å². The number of hydrogen-bond donors (Lipinski definition) is 1. The van der Waals surface area contributed by atoms with Crippen molar-refractivity contribution in [3.8, 4) is 0 Å². The van der Waals surface area contributed by atoms with Crippen LogP contribution in [0, 0.1) is 0 Å². The van der Waals surface area contributed by atoms with E-state index in [1.165, 1.54) is 4.88 Å². The normalized spacial score (nSPS) is 15.6. The highest BCUT2D eigenvalue weighted by atomic mass is 32.1. The third kappa shape index (κ3) is 3.46. The summed E-state index contributed by atoms with van der Waals surface area (Å²) < 4.78 is 5.16. The van der Waals surface area contributed by atoms with Crippen molar-refractivity contribution >= 4 is 11.3 Å². The molecule has 0 aliphatic carbocycles. The minimum Gasteiger partial charge on any atom is -0.380 e. The molecule has 1 N–H and O–H groups in total. The Labute approximate surface area is 83.9 Å². The second kappa shape index (κ2) is 5.37. The first-order chi connectivity index (χ1) is 6.24. The Morgan fingerprint density at radius 1 is 1.54 bits per heavy atom. The summed E-state index contributed by atoms with van der Waals surface area (Å²) in [6.07, 6.45) is 0.280. The standard InChI is InChI=1S/C10H17NOS/c1-8(12-3)7-11-9(2)10-5-4-6-13-10/h4-6,8-9,11H,7H2,1-3H3. The van der Waals surface area contributed by atoms with Crippen LogP contribution in [0.15, 0.2) is 17.5 Å². The third-order valence-corrected chi connectivity index (χ3v) is 3.14. The molecule has 74 valence electrons. The smallest absolute Gasteiger partial charge is 0.0667 e. The van der Waals surface area contributed by atoms with E-state index in [1.54, 1.807) is 18.4 Å². The molecule has 1 aromatic rings. The monoisotopic (exact) mass is 199 g/mol. The summed E-state index contributed by atoms with van der Waals surface area (Å²) in [6, 6.07) is 4.66. The van der Waals surface area contributed by atoms with Gasteiger partial charge >= 0.3 is 0 Å². The van der Waals surface area contributed by atoms with Crippen molar-refractivity contribution in [1.82, 2.24) is 5.32 Å². The molecular formula is C10H17NOS. The molecule has 0 bridgehead atoms. The fraction of sp³-hybridized carbons (Fsp3) is 0.600. The predicted molar refractivity (Wildman–Crippen MR) is 57.2 cm³/mol. The Hall–Kier alpha value is -0.380. The van der Waals surface area contributed by atoms with Gasteiger partial charge in [0.2, 0.25) is 0 Å². The lowest BCUT2D eigenvalue weighted by atomic mass is 10.2. The van der Waals surface area contributed by atoms with Gasteiger partial charge in [0.1, 0.15) is 0 Å². The van der Waals surface area contributed by atoms with E-state index in [-0.39, 0.29) is 6.10 Å². The molecule has 13 heavy (non-hydrogen) atoms. The van der Waals surface area contributed by atoms with Gasteiger partial charge in [-0.3, -0.25) is 0 Å². The molecule has 0 spiro atoms. The van der Waals surface area contributed by atoms with Crippen LogP contribution in [-0.2, 0) is 4.74 Å². The highest BCUT2D eigenvalue weighted by Crippen LogP contribution is 2.17. The van der Waals surface area contributed by atoms with E-state index in [4.69, 9.17) is 4.74 Å². The molecule has 1 aromatic heterocycles. The average Bonchev–Trinajstić information content (AvgIpc) is 2.66. The number of hydrogen-bond acceptors (Lipinski definition) is 3. The Morgan fingerprint density at radius 2 is 2.31 bits per heavy atom. The van der Waals surface area contributed by atoms with Gasteiger partial charge in [0.15, 0.2) is 0 Å². The number of ether oxygens (including phenoxy) is 1. The number of thiophene rings is 1. The number of nitrogens with one attached hydrogen (secondary N) is 1. The van der Waals surface area contributed by atoms with Crippen LogP contribution in [0.1, 0.15) is 24.8 Å². The summed E-state index contributed by atoms with van der Waals surface area (Å²) in [5, 5.41) is 5.53. The second-order valence-corrected chi connectivity index (χ2v) is 4.17. The van der Waals surface area contributed by atoms with Crippen LogP contribution >= 0.6 is 11.3 Å². The largest absolute Gasteiger partial charge is 0.380 e. The fourth-order valence-electron chi connectivity index (χ4n) is 1.06. The number of methoxy groups -OCH3 is 1. The Kier molecular flexibility index (Phi) is 4.42. The first-order valence-electron chi connectivity index (χ1n) is 4.53. The molecule has 0 radical (unpaired) electrons. The molecule has 2 atom stereocenters. The predicted octanol–water partition coefficient (Wildman–Crippen LogP) is 2.43. The molecule has 0 saturated carbocycles. The topological polar surface area (TPSA) is 21.3 Å². The van der Waals surface area contributed by atoms with E-state index in [2.05, 4.69) is 36.7 Å². The molecule has 0 amide bonds. The second-order valence-electron chi connectivity index (χ2n) is 3.19. The highest BCUT2D eigenvalue weighted by Gasteiger charge is 2.06. The Morgan fingerprint density at radius 3 is 2.85 bits per heavy atom. The van der Waals surface area contributed by atoms with Crippen LogP contribution in [0.5, 0.6) is 0 Å². The Balaban J connectivity index is 2.30.